The van der Waals surface area contributed by atoms with Crippen molar-refractivity contribution in [2.75, 3.05) is 12.8 Å². The van der Waals surface area contributed by atoms with Gasteiger partial charge in [-0.3, -0.25) is 0 Å². The summed E-state index contributed by atoms with van der Waals surface area (Å²) in [7, 11) is 1.63. The molecule has 0 atom stereocenters. The topological polar surface area (TPSA) is 74.8 Å². The number of nitrogens with two attached hydrogens (primary N) is 1. The molecule has 4 nitrogen and oxygen atoms in total. The number of rotatable bonds is 3. The lowest BCUT2D eigenvalue weighted by molar-refractivity contribution is 0.415. The minimum Gasteiger partial charge on any atom is -0.497 e. The molecule has 0 spiro atoms. The van der Waals surface area contributed by atoms with Crippen molar-refractivity contribution in [3.8, 4) is 11.8 Å². The maximum Gasteiger partial charge on any atom is 0.119 e. The lowest BCUT2D eigenvalue weighted by Crippen LogP contribution is -1.86. The van der Waals surface area contributed by atoms with Crippen molar-refractivity contribution in [1.29, 1.82) is 5.26 Å². The van der Waals surface area contributed by atoms with Crippen LogP contribution < -0.4 is 10.5 Å². The van der Waals surface area contributed by atoms with Crippen molar-refractivity contribution in [3.63, 3.8) is 0 Å². The Morgan fingerprint density at radius 1 is 1.27 bits per heavy atom. The molecule has 0 bridgehead atoms. The number of nitrogens with zero attached hydrogens (tertiary/aromatic N) is 1. The van der Waals surface area contributed by atoms with Crippen LogP contribution in [-0.4, -0.2) is 12.1 Å². The highest BCUT2D eigenvalue weighted by atomic mass is 16.5. The van der Waals surface area contributed by atoms with E-state index in [0.29, 0.717) is 11.3 Å². The molecule has 0 aliphatic carbocycles. The number of aromatic amines is 1. The Balaban J connectivity index is 2.13. The molecule has 0 unspecified atom stereocenters. The van der Waals surface area contributed by atoms with Gasteiger partial charge in [-0.15, -0.1) is 0 Å². The van der Waals surface area contributed by atoms with Crippen molar-refractivity contribution in [1.82, 2.24) is 4.98 Å². The molecule has 0 amide bonds. The fourth-order valence-corrected chi connectivity index (χ4v) is 2.44. The number of nitrogens with one attached hydrogen (secondary N) is 1. The summed E-state index contributed by atoms with van der Waals surface area (Å²) in [5.41, 5.74) is 9.74. The molecule has 3 aromatic rings. The zero-order chi connectivity index (χ0) is 15.5. The summed E-state index contributed by atoms with van der Waals surface area (Å²) in [5.74, 6) is 0.759. The van der Waals surface area contributed by atoms with Gasteiger partial charge in [0.05, 0.1) is 18.8 Å². The summed E-state index contributed by atoms with van der Waals surface area (Å²) in [5, 5.41) is 10.5. The van der Waals surface area contributed by atoms with Crippen molar-refractivity contribution >= 4 is 28.2 Å². The Morgan fingerprint density at radius 2 is 2.14 bits per heavy atom. The Kier molecular flexibility index (Phi) is 3.55. The summed E-state index contributed by atoms with van der Waals surface area (Å²) < 4.78 is 5.26. The second-order valence-electron chi connectivity index (χ2n) is 4.95. The lowest BCUT2D eigenvalue weighted by atomic mass is 10.0. The van der Waals surface area contributed by atoms with Crippen LogP contribution in [-0.2, 0) is 0 Å². The van der Waals surface area contributed by atoms with E-state index in [2.05, 4.69) is 11.1 Å². The van der Waals surface area contributed by atoms with E-state index in [9.17, 15) is 5.26 Å². The molecule has 1 heterocycles. The molecule has 4 heteroatoms. The minimum absolute atomic E-state index is 0.574. The fourth-order valence-electron chi connectivity index (χ4n) is 2.44. The van der Waals surface area contributed by atoms with Gasteiger partial charge in [-0.05, 0) is 42.0 Å². The molecule has 1 aromatic heterocycles. The first-order valence-corrected chi connectivity index (χ1v) is 6.84. The predicted octanol–water partition coefficient (Wildman–Crippen LogP) is 3.82. The third-order valence-electron chi connectivity index (χ3n) is 3.52. The number of hydrogen-bond acceptors (Lipinski definition) is 3. The Hall–Kier alpha value is -3.19. The molecular weight excluding hydrogens is 274 g/mol. The van der Waals surface area contributed by atoms with Crippen molar-refractivity contribution in [3.05, 3.63) is 59.8 Å². The van der Waals surface area contributed by atoms with Crippen LogP contribution in [0, 0.1) is 11.3 Å². The van der Waals surface area contributed by atoms with E-state index in [4.69, 9.17) is 10.5 Å². The van der Waals surface area contributed by atoms with Gasteiger partial charge >= 0.3 is 0 Å². The summed E-state index contributed by atoms with van der Waals surface area (Å²) in [4.78, 5) is 3.18. The van der Waals surface area contributed by atoms with Gasteiger partial charge in [0.25, 0.3) is 0 Å². The van der Waals surface area contributed by atoms with E-state index in [0.717, 1.165) is 27.8 Å². The number of hydrogen-bond donors (Lipinski definition) is 2. The van der Waals surface area contributed by atoms with Gasteiger partial charge in [-0.1, -0.05) is 12.1 Å². The molecule has 0 saturated carbocycles. The van der Waals surface area contributed by atoms with Crippen LogP contribution in [0.25, 0.3) is 22.6 Å². The van der Waals surface area contributed by atoms with Crippen LogP contribution >= 0.6 is 0 Å². The SMILES string of the molecule is COc1ccc2[nH]cc(/C(C#N)=C/c3cccc(N)c3)c2c1. The van der Waals surface area contributed by atoms with Gasteiger partial charge in [0, 0.05) is 28.4 Å². The van der Waals surface area contributed by atoms with Gasteiger partial charge in [0.15, 0.2) is 0 Å². The quantitative estimate of drug-likeness (QED) is 0.568. The molecule has 108 valence electrons. The first kappa shape index (κ1) is 13.8. The third kappa shape index (κ3) is 2.52. The number of allylic oxidation sites excluding steroid dienone is 1. The molecule has 0 aliphatic heterocycles. The number of nitrogen functional groups attached to an aromatic ring is 1. The van der Waals surface area contributed by atoms with Crippen LogP contribution in [0.3, 0.4) is 0 Å². The van der Waals surface area contributed by atoms with Gasteiger partial charge < -0.3 is 15.5 Å². The number of aromatic nitrogens is 1. The molecule has 0 fully saturated rings. The van der Waals surface area contributed by atoms with E-state index in [1.807, 2.05) is 54.7 Å². The zero-order valence-electron chi connectivity index (χ0n) is 12.1. The lowest BCUT2D eigenvalue weighted by Gasteiger charge is -2.02. The van der Waals surface area contributed by atoms with Crippen LogP contribution in [0.1, 0.15) is 11.1 Å². The fraction of sp³-hybridized carbons (Fsp3) is 0.0556. The van der Waals surface area contributed by atoms with Gasteiger partial charge in [0.2, 0.25) is 0 Å². The normalized spacial score (nSPS) is 11.4. The van der Waals surface area contributed by atoms with Crippen molar-refractivity contribution in [2.24, 2.45) is 0 Å². The average molecular weight is 289 g/mol. The monoisotopic (exact) mass is 289 g/mol. The summed E-state index contributed by atoms with van der Waals surface area (Å²) >= 11 is 0. The molecule has 3 N–H and O–H groups in total. The van der Waals surface area contributed by atoms with Crippen LogP contribution in [0.4, 0.5) is 5.69 Å². The number of fused-ring (bicyclic) bond motifs is 1. The molecule has 2 aromatic carbocycles. The number of ether oxygens (including phenoxy) is 1. The predicted molar refractivity (Wildman–Crippen MR) is 89.2 cm³/mol. The largest absolute Gasteiger partial charge is 0.497 e. The van der Waals surface area contributed by atoms with Crippen molar-refractivity contribution in [2.45, 2.75) is 0 Å². The molecule has 0 aliphatic rings. The van der Waals surface area contributed by atoms with E-state index in [-0.39, 0.29) is 0 Å². The standard InChI is InChI=1S/C18H15N3O/c1-22-15-5-6-18-16(9-15)17(11-21-18)13(10-19)7-12-3-2-4-14(20)8-12/h2-9,11,21H,20H2,1H3/b13-7+. The number of methoxy groups -OCH3 is 1. The molecule has 22 heavy (non-hydrogen) atoms. The Labute approximate surface area is 128 Å². The maximum absolute atomic E-state index is 9.52. The second-order valence-corrected chi connectivity index (χ2v) is 4.95. The highest BCUT2D eigenvalue weighted by Gasteiger charge is 2.09. The number of benzene rings is 2. The first-order chi connectivity index (χ1) is 10.7. The third-order valence-corrected chi connectivity index (χ3v) is 3.52. The molecule has 0 radical (unpaired) electrons. The molecule has 3 rings (SSSR count). The van der Waals surface area contributed by atoms with E-state index < -0.39 is 0 Å². The average Bonchev–Trinajstić information content (AvgIpc) is 2.95. The number of H-pyrrole nitrogens is 1. The number of anilines is 1. The van der Waals surface area contributed by atoms with E-state index in [1.54, 1.807) is 7.11 Å². The Morgan fingerprint density at radius 3 is 2.86 bits per heavy atom. The maximum atomic E-state index is 9.52. The zero-order valence-corrected chi connectivity index (χ0v) is 12.1. The smallest absolute Gasteiger partial charge is 0.119 e. The summed E-state index contributed by atoms with van der Waals surface area (Å²) in [6.45, 7) is 0. The number of nitriles is 1. The van der Waals surface area contributed by atoms with Crippen LogP contribution in [0.2, 0.25) is 0 Å². The summed E-state index contributed by atoms with van der Waals surface area (Å²) in [6, 6.07) is 15.5. The summed E-state index contributed by atoms with van der Waals surface area (Å²) in [6.07, 6.45) is 3.67. The highest BCUT2D eigenvalue weighted by molar-refractivity contribution is 6.01. The van der Waals surface area contributed by atoms with Crippen LogP contribution in [0.5, 0.6) is 5.75 Å². The van der Waals surface area contributed by atoms with Gasteiger partial charge in [-0.2, -0.15) is 5.26 Å². The minimum atomic E-state index is 0.574. The highest BCUT2D eigenvalue weighted by Crippen LogP contribution is 2.29. The Bertz CT molecular complexity index is 900. The molecule has 0 saturated heterocycles. The first-order valence-electron chi connectivity index (χ1n) is 6.84. The van der Waals surface area contributed by atoms with Crippen LogP contribution in [0.15, 0.2) is 48.7 Å². The van der Waals surface area contributed by atoms with Gasteiger partial charge in [-0.25, -0.2) is 0 Å². The van der Waals surface area contributed by atoms with Gasteiger partial charge in [0.1, 0.15) is 5.75 Å². The van der Waals surface area contributed by atoms with E-state index in [1.165, 1.54) is 0 Å². The van der Waals surface area contributed by atoms with E-state index >= 15 is 0 Å². The second kappa shape index (κ2) is 5.66. The molecular formula is C18H15N3O. The van der Waals surface area contributed by atoms with Crippen molar-refractivity contribution < 1.29 is 4.74 Å².